The zero-order valence-corrected chi connectivity index (χ0v) is 12.8. The molecule has 3 nitrogen and oxygen atoms in total. The van der Waals surface area contributed by atoms with Gasteiger partial charge in [-0.3, -0.25) is 0 Å². The minimum Gasteiger partial charge on any atom is -0.493 e. The maximum absolute atomic E-state index is 6.03. The van der Waals surface area contributed by atoms with E-state index in [0.717, 1.165) is 31.9 Å². The lowest BCUT2D eigenvalue weighted by Gasteiger charge is -2.30. The van der Waals surface area contributed by atoms with Crippen molar-refractivity contribution in [2.75, 3.05) is 19.7 Å². The molecular weight excluding hydrogens is 274 g/mol. The van der Waals surface area contributed by atoms with E-state index in [2.05, 4.69) is 17.4 Å². The normalized spacial score (nSPS) is 21.5. The summed E-state index contributed by atoms with van der Waals surface area (Å²) in [4.78, 5) is 0. The van der Waals surface area contributed by atoms with Gasteiger partial charge in [0.05, 0.1) is 19.3 Å². The summed E-state index contributed by atoms with van der Waals surface area (Å²) in [6.45, 7) is 3.34. The molecule has 22 heavy (non-hydrogen) atoms. The van der Waals surface area contributed by atoms with Crippen molar-refractivity contribution in [1.82, 2.24) is 5.32 Å². The molecule has 0 spiro atoms. The molecule has 0 bridgehead atoms. The number of para-hydroxylation sites is 1. The van der Waals surface area contributed by atoms with Crippen LogP contribution in [-0.4, -0.2) is 25.8 Å². The molecule has 0 amide bonds. The smallest absolute Gasteiger partial charge is 0.119 e. The molecule has 1 fully saturated rings. The molecule has 0 saturated carbocycles. The Balaban J connectivity index is 1.43. The van der Waals surface area contributed by atoms with E-state index in [1.165, 1.54) is 5.56 Å². The number of hydrogen-bond acceptors (Lipinski definition) is 3. The van der Waals surface area contributed by atoms with Crippen LogP contribution in [0.4, 0.5) is 0 Å². The van der Waals surface area contributed by atoms with Crippen LogP contribution < -0.4 is 10.1 Å². The first kappa shape index (κ1) is 15.1. The van der Waals surface area contributed by atoms with Crippen LogP contribution in [0.3, 0.4) is 0 Å². The van der Waals surface area contributed by atoms with E-state index in [1.807, 2.05) is 48.5 Å². The summed E-state index contributed by atoms with van der Waals surface area (Å²) in [7, 11) is 0. The highest BCUT2D eigenvalue weighted by molar-refractivity contribution is 5.20. The van der Waals surface area contributed by atoms with Crippen LogP contribution in [0.25, 0.3) is 0 Å². The molecule has 1 heterocycles. The minimum atomic E-state index is 0.262. The summed E-state index contributed by atoms with van der Waals surface area (Å²) in [6.07, 6.45) is 1.31. The lowest BCUT2D eigenvalue weighted by atomic mass is 9.98. The molecule has 0 aliphatic carbocycles. The van der Waals surface area contributed by atoms with Crippen molar-refractivity contribution in [3.63, 3.8) is 0 Å². The predicted octanol–water partition coefficient (Wildman–Crippen LogP) is 3.26. The van der Waals surface area contributed by atoms with Gasteiger partial charge in [0.1, 0.15) is 5.75 Å². The lowest BCUT2D eigenvalue weighted by Crippen LogP contribution is -2.42. The zero-order valence-electron chi connectivity index (χ0n) is 12.8. The SMILES string of the molecule is c1ccc(CO[C@H]2CNC[C@@H](COc3ccccc3)C2)cc1. The van der Waals surface area contributed by atoms with Crippen LogP contribution in [0.15, 0.2) is 60.7 Å². The Hall–Kier alpha value is -1.84. The van der Waals surface area contributed by atoms with Gasteiger partial charge in [-0.25, -0.2) is 0 Å². The highest BCUT2D eigenvalue weighted by atomic mass is 16.5. The number of nitrogens with one attached hydrogen (secondary N) is 1. The van der Waals surface area contributed by atoms with Gasteiger partial charge in [-0.05, 0) is 24.1 Å². The quantitative estimate of drug-likeness (QED) is 0.888. The van der Waals surface area contributed by atoms with E-state index in [0.29, 0.717) is 12.5 Å². The Bertz CT molecular complexity index is 494. The van der Waals surface area contributed by atoms with E-state index >= 15 is 0 Å². The number of piperidine rings is 1. The zero-order chi connectivity index (χ0) is 15.0. The molecule has 116 valence electrons. The van der Waals surface area contributed by atoms with Gasteiger partial charge in [-0.1, -0.05) is 48.5 Å². The van der Waals surface area contributed by atoms with E-state index in [4.69, 9.17) is 9.47 Å². The molecule has 3 rings (SSSR count). The molecular formula is C19H23NO2. The number of benzene rings is 2. The second-order valence-corrected chi connectivity index (χ2v) is 5.80. The Kier molecular flexibility index (Phi) is 5.46. The molecule has 0 aromatic heterocycles. The maximum atomic E-state index is 6.03. The van der Waals surface area contributed by atoms with E-state index < -0.39 is 0 Å². The van der Waals surface area contributed by atoms with Crippen molar-refractivity contribution in [2.24, 2.45) is 5.92 Å². The molecule has 1 saturated heterocycles. The fourth-order valence-corrected chi connectivity index (χ4v) is 2.76. The topological polar surface area (TPSA) is 30.5 Å². The van der Waals surface area contributed by atoms with Crippen molar-refractivity contribution < 1.29 is 9.47 Å². The Morgan fingerprint density at radius 3 is 2.41 bits per heavy atom. The van der Waals surface area contributed by atoms with E-state index in [1.54, 1.807) is 0 Å². The summed E-state index contributed by atoms with van der Waals surface area (Å²) in [6, 6.07) is 20.3. The van der Waals surface area contributed by atoms with Gasteiger partial charge in [0.15, 0.2) is 0 Å². The third kappa shape index (κ3) is 4.58. The van der Waals surface area contributed by atoms with Crippen molar-refractivity contribution in [1.29, 1.82) is 0 Å². The van der Waals surface area contributed by atoms with Gasteiger partial charge in [-0.2, -0.15) is 0 Å². The highest BCUT2D eigenvalue weighted by Crippen LogP contribution is 2.17. The van der Waals surface area contributed by atoms with Crippen molar-refractivity contribution in [2.45, 2.75) is 19.1 Å². The van der Waals surface area contributed by atoms with E-state index in [9.17, 15) is 0 Å². The number of ether oxygens (including phenoxy) is 2. The average molecular weight is 297 g/mol. The first-order valence-electron chi connectivity index (χ1n) is 7.94. The number of rotatable bonds is 6. The molecule has 0 unspecified atom stereocenters. The minimum absolute atomic E-state index is 0.262. The van der Waals surface area contributed by atoms with Crippen molar-refractivity contribution in [3.05, 3.63) is 66.2 Å². The Morgan fingerprint density at radius 1 is 0.909 bits per heavy atom. The van der Waals surface area contributed by atoms with Crippen LogP contribution in [0.5, 0.6) is 5.75 Å². The fraction of sp³-hybridized carbons (Fsp3) is 0.368. The largest absolute Gasteiger partial charge is 0.493 e. The fourth-order valence-electron chi connectivity index (χ4n) is 2.76. The van der Waals surface area contributed by atoms with Crippen molar-refractivity contribution in [3.8, 4) is 5.75 Å². The molecule has 3 heteroatoms. The van der Waals surface area contributed by atoms with Crippen LogP contribution in [0.1, 0.15) is 12.0 Å². The lowest BCUT2D eigenvalue weighted by molar-refractivity contribution is 0.00485. The third-order valence-corrected chi connectivity index (χ3v) is 3.96. The molecule has 2 atom stereocenters. The predicted molar refractivity (Wildman–Crippen MR) is 87.9 cm³/mol. The molecule has 1 aliphatic rings. The van der Waals surface area contributed by atoms with Gasteiger partial charge in [0.2, 0.25) is 0 Å². The molecule has 1 aliphatic heterocycles. The summed E-state index contributed by atoms with van der Waals surface area (Å²) < 4.78 is 11.9. The summed E-state index contributed by atoms with van der Waals surface area (Å²) in [5.74, 6) is 1.43. The third-order valence-electron chi connectivity index (χ3n) is 3.96. The highest BCUT2D eigenvalue weighted by Gasteiger charge is 2.22. The van der Waals surface area contributed by atoms with E-state index in [-0.39, 0.29) is 6.10 Å². The monoisotopic (exact) mass is 297 g/mol. The second kappa shape index (κ2) is 7.97. The van der Waals surface area contributed by atoms with Crippen LogP contribution >= 0.6 is 0 Å². The van der Waals surface area contributed by atoms with Gasteiger partial charge in [0.25, 0.3) is 0 Å². The molecule has 2 aromatic rings. The van der Waals surface area contributed by atoms with Crippen LogP contribution in [0.2, 0.25) is 0 Å². The first-order chi connectivity index (χ1) is 10.9. The maximum Gasteiger partial charge on any atom is 0.119 e. The molecule has 0 radical (unpaired) electrons. The second-order valence-electron chi connectivity index (χ2n) is 5.80. The summed E-state index contributed by atoms with van der Waals surface area (Å²) in [5, 5.41) is 3.45. The van der Waals surface area contributed by atoms with Gasteiger partial charge >= 0.3 is 0 Å². The number of hydrogen-bond donors (Lipinski definition) is 1. The van der Waals surface area contributed by atoms with Crippen molar-refractivity contribution >= 4 is 0 Å². The summed E-state index contributed by atoms with van der Waals surface area (Å²) >= 11 is 0. The van der Waals surface area contributed by atoms with Crippen LogP contribution in [0, 0.1) is 5.92 Å². The molecule has 2 aromatic carbocycles. The summed E-state index contributed by atoms with van der Waals surface area (Å²) in [5.41, 5.74) is 1.23. The van der Waals surface area contributed by atoms with Gasteiger partial charge < -0.3 is 14.8 Å². The van der Waals surface area contributed by atoms with Gasteiger partial charge in [-0.15, -0.1) is 0 Å². The average Bonchev–Trinajstić information content (AvgIpc) is 2.60. The van der Waals surface area contributed by atoms with Gasteiger partial charge in [0, 0.05) is 19.0 Å². The Morgan fingerprint density at radius 2 is 1.64 bits per heavy atom. The molecule has 1 N–H and O–H groups in total. The van der Waals surface area contributed by atoms with Crippen LogP contribution in [-0.2, 0) is 11.3 Å². The first-order valence-corrected chi connectivity index (χ1v) is 7.94. The standard InChI is InChI=1S/C19H23NO2/c1-3-7-16(8-4-1)14-22-19-11-17(12-20-13-19)15-21-18-9-5-2-6-10-18/h1-10,17,19-20H,11-15H2/t17-,19+/m0/s1. The Labute approximate surface area is 132 Å².